The Balaban J connectivity index is 2.08. The van der Waals surface area contributed by atoms with Crippen LogP contribution in [0.25, 0.3) is 11.0 Å². The molecule has 106 valence electrons. The molecule has 21 heavy (non-hydrogen) atoms. The summed E-state index contributed by atoms with van der Waals surface area (Å²) in [6.07, 6.45) is 0. The van der Waals surface area contributed by atoms with Crippen molar-refractivity contribution in [1.82, 2.24) is 0 Å². The molecule has 0 amide bonds. The first-order valence-electron chi connectivity index (χ1n) is 6.62. The number of para-hydroxylation sites is 1. The highest BCUT2D eigenvalue weighted by atomic mass is 16.5. The third kappa shape index (κ3) is 2.48. The van der Waals surface area contributed by atoms with Crippen molar-refractivity contribution in [2.75, 3.05) is 5.73 Å². The number of fused-ring (bicyclic) bond motifs is 1. The normalized spacial score (nSPS) is 10.8. The lowest BCUT2D eigenvalue weighted by atomic mass is 10.1. The Bertz CT molecular complexity index is 861. The second kappa shape index (κ2) is 4.98. The smallest absolute Gasteiger partial charge is 0.336 e. The van der Waals surface area contributed by atoms with Crippen LogP contribution >= 0.6 is 0 Å². The van der Waals surface area contributed by atoms with Crippen LogP contribution in [0.4, 0.5) is 5.69 Å². The van der Waals surface area contributed by atoms with Crippen molar-refractivity contribution in [3.63, 3.8) is 0 Å². The number of aryl methyl sites for hydroxylation is 2. The van der Waals surface area contributed by atoms with Crippen molar-refractivity contribution in [2.24, 2.45) is 0 Å². The molecular formula is C17H15NO3. The van der Waals surface area contributed by atoms with Crippen LogP contribution in [0.15, 0.2) is 51.7 Å². The molecule has 0 spiro atoms. The number of hydrogen-bond acceptors (Lipinski definition) is 4. The van der Waals surface area contributed by atoms with Crippen LogP contribution in [0.1, 0.15) is 11.1 Å². The Kier molecular flexibility index (Phi) is 3.14. The average Bonchev–Trinajstić information content (AvgIpc) is 2.42. The number of ether oxygens (including phenoxy) is 1. The van der Waals surface area contributed by atoms with E-state index in [2.05, 4.69) is 0 Å². The lowest BCUT2D eigenvalue weighted by Crippen LogP contribution is -1.98. The molecule has 0 radical (unpaired) electrons. The predicted molar refractivity (Wildman–Crippen MR) is 82.9 cm³/mol. The Morgan fingerprint density at radius 3 is 2.62 bits per heavy atom. The zero-order valence-corrected chi connectivity index (χ0v) is 11.8. The summed E-state index contributed by atoms with van der Waals surface area (Å²) < 4.78 is 11.1. The molecule has 2 aromatic carbocycles. The van der Waals surface area contributed by atoms with Gasteiger partial charge in [-0.2, -0.15) is 0 Å². The fourth-order valence-corrected chi connectivity index (χ4v) is 2.30. The van der Waals surface area contributed by atoms with Gasteiger partial charge in [0.15, 0.2) is 5.75 Å². The van der Waals surface area contributed by atoms with Crippen LogP contribution in [-0.4, -0.2) is 0 Å². The predicted octanol–water partition coefficient (Wildman–Crippen LogP) is 3.78. The minimum absolute atomic E-state index is 0.368. The van der Waals surface area contributed by atoms with E-state index in [0.717, 1.165) is 16.5 Å². The molecule has 1 aromatic heterocycles. The maximum atomic E-state index is 11.5. The molecule has 0 atom stereocenters. The van der Waals surface area contributed by atoms with Gasteiger partial charge in [-0.3, -0.25) is 0 Å². The average molecular weight is 281 g/mol. The van der Waals surface area contributed by atoms with Gasteiger partial charge in [0.2, 0.25) is 0 Å². The van der Waals surface area contributed by atoms with Crippen LogP contribution in [0.2, 0.25) is 0 Å². The largest absolute Gasteiger partial charge is 0.455 e. The van der Waals surface area contributed by atoms with Gasteiger partial charge in [-0.1, -0.05) is 12.1 Å². The molecule has 0 bridgehead atoms. The Labute approximate surface area is 121 Å². The van der Waals surface area contributed by atoms with E-state index in [4.69, 9.17) is 14.9 Å². The van der Waals surface area contributed by atoms with Crippen molar-refractivity contribution < 1.29 is 9.15 Å². The highest BCUT2D eigenvalue weighted by Crippen LogP contribution is 2.32. The van der Waals surface area contributed by atoms with E-state index in [9.17, 15) is 4.79 Å². The Morgan fingerprint density at radius 2 is 1.86 bits per heavy atom. The summed E-state index contributed by atoms with van der Waals surface area (Å²) in [5, 5.41) is 0.889. The number of anilines is 1. The summed E-state index contributed by atoms with van der Waals surface area (Å²) in [4.78, 5) is 11.5. The van der Waals surface area contributed by atoms with Crippen LogP contribution in [0, 0.1) is 13.8 Å². The molecule has 0 fully saturated rings. The van der Waals surface area contributed by atoms with Crippen LogP contribution < -0.4 is 16.1 Å². The molecule has 2 N–H and O–H groups in total. The van der Waals surface area contributed by atoms with Crippen molar-refractivity contribution >= 4 is 16.7 Å². The van der Waals surface area contributed by atoms with Gasteiger partial charge < -0.3 is 14.9 Å². The SMILES string of the molecule is Cc1cccc(N)c1Oc1ccc2c(C)cc(=O)oc2c1. The number of rotatable bonds is 2. The molecule has 0 saturated heterocycles. The number of benzene rings is 2. The molecule has 1 heterocycles. The standard InChI is InChI=1S/C17H15NO3/c1-10-4-3-5-14(18)17(10)20-12-6-7-13-11(2)8-16(19)21-15(13)9-12/h3-9H,18H2,1-2H3. The maximum absolute atomic E-state index is 11.5. The molecule has 0 aliphatic heterocycles. The first-order chi connectivity index (χ1) is 10.0. The first kappa shape index (κ1) is 13.2. The van der Waals surface area contributed by atoms with E-state index in [1.54, 1.807) is 12.1 Å². The Morgan fingerprint density at radius 1 is 1.05 bits per heavy atom. The van der Waals surface area contributed by atoms with E-state index in [1.165, 1.54) is 6.07 Å². The monoisotopic (exact) mass is 281 g/mol. The van der Waals surface area contributed by atoms with Gasteiger partial charge in [0.05, 0.1) is 5.69 Å². The zero-order chi connectivity index (χ0) is 15.0. The van der Waals surface area contributed by atoms with E-state index < -0.39 is 0 Å². The lowest BCUT2D eigenvalue weighted by molar-refractivity contribution is 0.479. The quantitative estimate of drug-likeness (QED) is 0.573. The van der Waals surface area contributed by atoms with E-state index in [-0.39, 0.29) is 5.63 Å². The second-order valence-electron chi connectivity index (χ2n) is 5.00. The third-order valence-electron chi connectivity index (χ3n) is 3.39. The van der Waals surface area contributed by atoms with Gasteiger partial charge in [-0.05, 0) is 43.2 Å². The van der Waals surface area contributed by atoms with Crippen molar-refractivity contribution in [1.29, 1.82) is 0 Å². The molecule has 4 nitrogen and oxygen atoms in total. The maximum Gasteiger partial charge on any atom is 0.336 e. The molecule has 4 heteroatoms. The highest BCUT2D eigenvalue weighted by Gasteiger charge is 2.08. The first-order valence-corrected chi connectivity index (χ1v) is 6.62. The highest BCUT2D eigenvalue weighted by molar-refractivity contribution is 5.81. The van der Waals surface area contributed by atoms with Crippen molar-refractivity contribution in [3.8, 4) is 11.5 Å². The minimum atomic E-state index is -0.368. The summed E-state index contributed by atoms with van der Waals surface area (Å²) in [5.41, 5.74) is 8.46. The number of nitrogens with two attached hydrogens (primary N) is 1. The minimum Gasteiger partial charge on any atom is -0.455 e. The zero-order valence-electron chi connectivity index (χ0n) is 11.8. The van der Waals surface area contributed by atoms with Gasteiger partial charge in [-0.25, -0.2) is 4.79 Å². The van der Waals surface area contributed by atoms with E-state index >= 15 is 0 Å². The van der Waals surface area contributed by atoms with Gasteiger partial charge >= 0.3 is 5.63 Å². The van der Waals surface area contributed by atoms with Crippen molar-refractivity contribution in [3.05, 3.63) is 64.0 Å². The molecule has 3 rings (SSSR count). The summed E-state index contributed by atoms with van der Waals surface area (Å²) >= 11 is 0. The number of nitrogen functional groups attached to an aromatic ring is 1. The summed E-state index contributed by atoms with van der Waals surface area (Å²) in [6.45, 7) is 3.80. The van der Waals surface area contributed by atoms with Gasteiger partial charge in [-0.15, -0.1) is 0 Å². The fraction of sp³-hybridized carbons (Fsp3) is 0.118. The second-order valence-corrected chi connectivity index (χ2v) is 5.00. The van der Waals surface area contributed by atoms with Gasteiger partial charge in [0.1, 0.15) is 11.3 Å². The molecule has 0 unspecified atom stereocenters. The van der Waals surface area contributed by atoms with Gasteiger partial charge in [0.25, 0.3) is 0 Å². The summed E-state index contributed by atoms with van der Waals surface area (Å²) in [6, 6.07) is 12.5. The van der Waals surface area contributed by atoms with E-state index in [0.29, 0.717) is 22.8 Å². The van der Waals surface area contributed by atoms with Crippen LogP contribution in [0.5, 0.6) is 11.5 Å². The molecule has 0 aliphatic rings. The van der Waals surface area contributed by atoms with Crippen LogP contribution in [-0.2, 0) is 0 Å². The van der Waals surface area contributed by atoms with Gasteiger partial charge in [0, 0.05) is 17.5 Å². The van der Waals surface area contributed by atoms with E-state index in [1.807, 2.05) is 38.1 Å². The topological polar surface area (TPSA) is 65.5 Å². The third-order valence-corrected chi connectivity index (χ3v) is 3.39. The number of hydrogen-bond donors (Lipinski definition) is 1. The molecule has 0 saturated carbocycles. The van der Waals surface area contributed by atoms with Crippen LogP contribution in [0.3, 0.4) is 0 Å². The summed E-state index contributed by atoms with van der Waals surface area (Å²) in [5.74, 6) is 1.20. The Hall–Kier alpha value is -2.75. The molecule has 0 aliphatic carbocycles. The summed E-state index contributed by atoms with van der Waals surface area (Å²) in [7, 11) is 0. The molecular weight excluding hydrogens is 266 g/mol. The fourth-order valence-electron chi connectivity index (χ4n) is 2.30. The van der Waals surface area contributed by atoms with Crippen molar-refractivity contribution in [2.45, 2.75) is 13.8 Å². The lowest BCUT2D eigenvalue weighted by Gasteiger charge is -2.11. The molecule has 3 aromatic rings.